The Balaban J connectivity index is 1.95. The van der Waals surface area contributed by atoms with E-state index in [1.54, 1.807) is 16.2 Å². The molecule has 0 atom stereocenters. The lowest BCUT2D eigenvalue weighted by Crippen LogP contribution is -2.39. The van der Waals surface area contributed by atoms with Crippen molar-refractivity contribution in [3.63, 3.8) is 0 Å². The summed E-state index contributed by atoms with van der Waals surface area (Å²) in [5.41, 5.74) is -0.751. The summed E-state index contributed by atoms with van der Waals surface area (Å²) in [5.74, 6) is 0.278. The van der Waals surface area contributed by atoms with E-state index in [0.717, 1.165) is 17.1 Å². The fourth-order valence-electron chi connectivity index (χ4n) is 1.99. The van der Waals surface area contributed by atoms with Crippen LogP contribution in [0, 0.1) is 0 Å². The van der Waals surface area contributed by atoms with E-state index in [2.05, 4.69) is 10.3 Å². The third-order valence-corrected chi connectivity index (χ3v) is 4.10. The summed E-state index contributed by atoms with van der Waals surface area (Å²) in [4.78, 5) is 17.3. The van der Waals surface area contributed by atoms with Crippen molar-refractivity contribution in [2.75, 3.05) is 18.0 Å². The molecule has 0 fully saturated rings. The molecule has 2 rings (SSSR count). The summed E-state index contributed by atoms with van der Waals surface area (Å²) in [6.07, 6.45) is -3.48. The Bertz CT molecular complexity index is 626. The Morgan fingerprint density at radius 3 is 2.65 bits per heavy atom. The second-order valence-corrected chi connectivity index (χ2v) is 5.86. The Morgan fingerprint density at radius 2 is 2.13 bits per heavy atom. The molecule has 2 heterocycles. The fraction of sp³-hybridized carbons (Fsp3) is 0.333. The molecular formula is C15H17F3N3OS+. The van der Waals surface area contributed by atoms with E-state index < -0.39 is 11.7 Å². The van der Waals surface area contributed by atoms with Gasteiger partial charge >= 0.3 is 6.18 Å². The number of carbonyl (C=O) groups is 1. The number of pyridine rings is 1. The Morgan fingerprint density at radius 1 is 1.35 bits per heavy atom. The minimum atomic E-state index is -4.38. The maximum atomic E-state index is 12.6. The van der Waals surface area contributed by atoms with Gasteiger partial charge in [0.25, 0.3) is 11.7 Å². The SMILES string of the molecule is CCN(CC(=O)NCc1cccs1)c1ccc(C(F)(F)F)c[nH+]1. The third-order valence-electron chi connectivity index (χ3n) is 3.22. The lowest BCUT2D eigenvalue weighted by molar-refractivity contribution is -0.367. The van der Waals surface area contributed by atoms with E-state index in [1.165, 1.54) is 6.07 Å². The number of hydrogen-bond acceptors (Lipinski definition) is 3. The van der Waals surface area contributed by atoms with Crippen LogP contribution in [0.5, 0.6) is 0 Å². The zero-order chi connectivity index (χ0) is 16.9. The van der Waals surface area contributed by atoms with Gasteiger partial charge < -0.3 is 5.32 Å². The number of rotatable bonds is 6. The molecule has 0 saturated heterocycles. The van der Waals surface area contributed by atoms with Gasteiger partial charge in [-0.3, -0.25) is 9.69 Å². The number of amides is 1. The first-order valence-electron chi connectivity index (χ1n) is 7.03. The van der Waals surface area contributed by atoms with Gasteiger partial charge in [-0.2, -0.15) is 13.2 Å². The highest BCUT2D eigenvalue weighted by atomic mass is 32.1. The number of carbonyl (C=O) groups excluding carboxylic acids is 1. The number of nitrogens with one attached hydrogen (secondary N) is 2. The lowest BCUT2D eigenvalue weighted by Gasteiger charge is -2.15. The average molecular weight is 344 g/mol. The van der Waals surface area contributed by atoms with Gasteiger partial charge in [-0.1, -0.05) is 6.07 Å². The summed E-state index contributed by atoms with van der Waals surface area (Å²) in [5, 5.41) is 4.72. The van der Waals surface area contributed by atoms with Gasteiger partial charge in [0, 0.05) is 10.9 Å². The molecule has 8 heteroatoms. The predicted octanol–water partition coefficient (Wildman–Crippen LogP) is 2.72. The molecule has 1 amide bonds. The van der Waals surface area contributed by atoms with Crippen LogP contribution in [-0.4, -0.2) is 19.0 Å². The van der Waals surface area contributed by atoms with Crippen LogP contribution < -0.4 is 15.2 Å². The number of hydrogen-bond donors (Lipinski definition) is 1. The van der Waals surface area contributed by atoms with Crippen molar-refractivity contribution >= 4 is 23.1 Å². The Kier molecular flexibility index (Phi) is 5.59. The molecule has 4 nitrogen and oxygen atoms in total. The molecule has 124 valence electrons. The molecule has 2 aromatic heterocycles. The van der Waals surface area contributed by atoms with Crippen molar-refractivity contribution < 1.29 is 22.9 Å². The molecule has 2 N–H and O–H groups in total. The number of thiophene rings is 1. The van der Waals surface area contributed by atoms with Gasteiger partial charge in [0.1, 0.15) is 6.20 Å². The van der Waals surface area contributed by atoms with Crippen molar-refractivity contribution in [3.05, 3.63) is 46.3 Å². The first-order chi connectivity index (χ1) is 10.9. The number of halogens is 3. The third kappa shape index (κ3) is 4.95. The fourth-order valence-corrected chi connectivity index (χ4v) is 2.63. The number of aromatic nitrogens is 1. The van der Waals surface area contributed by atoms with Crippen LogP contribution in [0.3, 0.4) is 0 Å². The standard InChI is InChI=1S/C15H16F3N3OS/c1-2-21(10-14(22)20-9-12-4-3-7-23-12)13-6-5-11(8-19-13)15(16,17)18/h3-8H,2,9-10H2,1H3,(H,20,22)/p+1. The van der Waals surface area contributed by atoms with Crippen LogP contribution in [0.25, 0.3) is 0 Å². The molecule has 0 aromatic carbocycles. The summed E-state index contributed by atoms with van der Waals surface area (Å²) in [6, 6.07) is 6.16. The highest BCUT2D eigenvalue weighted by molar-refractivity contribution is 7.09. The maximum absolute atomic E-state index is 12.6. The molecule has 0 aliphatic carbocycles. The minimum Gasteiger partial charge on any atom is -0.348 e. The number of H-pyrrole nitrogens is 1. The van der Waals surface area contributed by atoms with Gasteiger partial charge in [-0.05, 0) is 24.4 Å². The molecule has 0 unspecified atom stereocenters. The van der Waals surface area contributed by atoms with Crippen LogP contribution in [0.2, 0.25) is 0 Å². The quantitative estimate of drug-likeness (QED) is 0.876. The van der Waals surface area contributed by atoms with Crippen molar-refractivity contribution in [2.24, 2.45) is 0 Å². The number of anilines is 1. The summed E-state index contributed by atoms with van der Waals surface area (Å²) in [7, 11) is 0. The van der Waals surface area contributed by atoms with Crippen molar-refractivity contribution in [1.82, 2.24) is 5.32 Å². The minimum absolute atomic E-state index is 0.0732. The Hall–Kier alpha value is -2.09. The second-order valence-electron chi connectivity index (χ2n) is 4.83. The van der Waals surface area contributed by atoms with Gasteiger partial charge in [0.2, 0.25) is 0 Å². The van der Waals surface area contributed by atoms with Crippen LogP contribution in [0.4, 0.5) is 19.0 Å². The molecule has 0 aliphatic rings. The first kappa shape index (κ1) is 17.3. The average Bonchev–Trinajstić information content (AvgIpc) is 3.03. The van der Waals surface area contributed by atoms with E-state index in [-0.39, 0.29) is 12.5 Å². The molecular weight excluding hydrogens is 327 g/mol. The van der Waals surface area contributed by atoms with E-state index in [1.807, 2.05) is 24.4 Å². The summed E-state index contributed by atoms with van der Waals surface area (Å²) >= 11 is 1.55. The topological polar surface area (TPSA) is 46.5 Å². The molecule has 0 saturated carbocycles. The van der Waals surface area contributed by atoms with Crippen LogP contribution in [-0.2, 0) is 17.5 Å². The largest absolute Gasteiger partial charge is 0.419 e. The predicted molar refractivity (Wildman–Crippen MR) is 82.1 cm³/mol. The molecule has 0 radical (unpaired) electrons. The molecule has 0 spiro atoms. The number of nitrogens with zero attached hydrogens (tertiary/aromatic N) is 1. The zero-order valence-electron chi connectivity index (χ0n) is 12.5. The molecule has 0 bridgehead atoms. The first-order valence-corrected chi connectivity index (χ1v) is 7.91. The van der Waals surface area contributed by atoms with E-state index in [0.29, 0.717) is 18.9 Å². The highest BCUT2D eigenvalue weighted by Gasteiger charge is 2.32. The second kappa shape index (κ2) is 7.45. The lowest BCUT2D eigenvalue weighted by atomic mass is 10.2. The zero-order valence-corrected chi connectivity index (χ0v) is 13.3. The number of alkyl halides is 3. The van der Waals surface area contributed by atoms with Gasteiger partial charge in [-0.25, -0.2) is 4.98 Å². The van der Waals surface area contributed by atoms with Crippen molar-refractivity contribution in [3.8, 4) is 0 Å². The van der Waals surface area contributed by atoms with E-state index >= 15 is 0 Å². The van der Waals surface area contributed by atoms with Gasteiger partial charge in [0.15, 0.2) is 6.54 Å². The monoisotopic (exact) mass is 344 g/mol. The van der Waals surface area contributed by atoms with E-state index in [4.69, 9.17) is 0 Å². The Labute approximate surface area is 136 Å². The molecule has 0 aliphatic heterocycles. The van der Waals surface area contributed by atoms with Crippen LogP contribution >= 0.6 is 11.3 Å². The van der Waals surface area contributed by atoms with E-state index in [9.17, 15) is 18.0 Å². The number of likely N-dealkylation sites (N-methyl/N-ethyl adjacent to an activating group) is 1. The maximum Gasteiger partial charge on any atom is 0.419 e. The summed E-state index contributed by atoms with van der Waals surface area (Å²) in [6.45, 7) is 2.85. The normalized spacial score (nSPS) is 11.3. The number of aromatic amines is 1. The highest BCUT2D eigenvalue weighted by Crippen LogP contribution is 2.28. The van der Waals surface area contributed by atoms with Crippen molar-refractivity contribution in [1.29, 1.82) is 0 Å². The van der Waals surface area contributed by atoms with Gasteiger partial charge in [0.05, 0.1) is 18.7 Å². The summed E-state index contributed by atoms with van der Waals surface area (Å²) < 4.78 is 37.7. The molecule has 2 aromatic rings. The van der Waals surface area contributed by atoms with Crippen LogP contribution in [0.15, 0.2) is 35.8 Å². The van der Waals surface area contributed by atoms with Gasteiger partial charge in [-0.15, -0.1) is 11.3 Å². The molecule has 23 heavy (non-hydrogen) atoms. The van der Waals surface area contributed by atoms with Crippen LogP contribution in [0.1, 0.15) is 17.4 Å². The van der Waals surface area contributed by atoms with Crippen molar-refractivity contribution in [2.45, 2.75) is 19.6 Å². The smallest absolute Gasteiger partial charge is 0.348 e.